The van der Waals surface area contributed by atoms with E-state index in [0.29, 0.717) is 11.8 Å². The Morgan fingerprint density at radius 3 is 1.86 bits per heavy atom. The van der Waals surface area contributed by atoms with Crippen LogP contribution in [-0.4, -0.2) is 22.4 Å². The summed E-state index contributed by atoms with van der Waals surface area (Å²) in [6.45, 7) is 7.90. The second-order valence-corrected chi connectivity index (χ2v) is 4.46. The lowest BCUT2D eigenvalue weighted by Crippen LogP contribution is -2.10. The third-order valence-corrected chi connectivity index (χ3v) is 2.41. The first-order valence-corrected chi connectivity index (χ1v) is 5.48. The molecule has 14 heavy (non-hydrogen) atoms. The first kappa shape index (κ1) is 13.7. The van der Waals surface area contributed by atoms with Gasteiger partial charge in [0.05, 0.1) is 12.2 Å². The van der Waals surface area contributed by atoms with Gasteiger partial charge in [-0.25, -0.2) is 0 Å². The third-order valence-electron chi connectivity index (χ3n) is 2.41. The Bertz CT molecular complexity index is 160. The molecule has 3 atom stereocenters. The predicted octanol–water partition coefficient (Wildman–Crippen LogP) is 2.36. The molecule has 0 aromatic carbocycles. The number of aliphatic hydroxyl groups is 2. The summed E-state index contributed by atoms with van der Waals surface area (Å²) in [6.07, 6.45) is 5.11. The third kappa shape index (κ3) is 7.10. The summed E-state index contributed by atoms with van der Waals surface area (Å²) in [5, 5.41) is 18.3. The fourth-order valence-corrected chi connectivity index (χ4v) is 1.39. The summed E-state index contributed by atoms with van der Waals surface area (Å²) < 4.78 is 0. The molecule has 3 unspecified atom stereocenters. The van der Waals surface area contributed by atoms with Crippen molar-refractivity contribution in [3.05, 3.63) is 12.2 Å². The lowest BCUT2D eigenvalue weighted by molar-refractivity contribution is 0.172. The van der Waals surface area contributed by atoms with Gasteiger partial charge < -0.3 is 10.2 Å². The Morgan fingerprint density at radius 1 is 0.929 bits per heavy atom. The molecule has 0 saturated carbocycles. The van der Waals surface area contributed by atoms with Crippen LogP contribution in [0.1, 0.15) is 40.5 Å². The summed E-state index contributed by atoms with van der Waals surface area (Å²) in [5.41, 5.74) is 0. The van der Waals surface area contributed by atoms with Gasteiger partial charge in [0.2, 0.25) is 0 Å². The first-order chi connectivity index (χ1) is 6.43. The van der Waals surface area contributed by atoms with Gasteiger partial charge in [0.1, 0.15) is 0 Å². The van der Waals surface area contributed by atoms with Crippen LogP contribution in [0.4, 0.5) is 0 Å². The highest BCUT2D eigenvalue weighted by Gasteiger charge is 2.11. The van der Waals surface area contributed by atoms with Gasteiger partial charge in [-0.3, -0.25) is 0 Å². The molecule has 0 aliphatic carbocycles. The molecule has 0 fully saturated rings. The van der Waals surface area contributed by atoms with Gasteiger partial charge in [0.15, 0.2) is 0 Å². The highest BCUT2D eigenvalue weighted by atomic mass is 16.3. The van der Waals surface area contributed by atoms with Crippen LogP contribution in [0.2, 0.25) is 0 Å². The molecule has 0 heterocycles. The minimum Gasteiger partial charge on any atom is -0.393 e. The number of aliphatic hydroxyl groups excluding tert-OH is 2. The molecule has 2 nitrogen and oxygen atoms in total. The minimum atomic E-state index is -0.372. The van der Waals surface area contributed by atoms with Crippen molar-refractivity contribution in [3.63, 3.8) is 0 Å². The summed E-state index contributed by atoms with van der Waals surface area (Å²) in [7, 11) is 0. The topological polar surface area (TPSA) is 40.5 Å². The Hall–Kier alpha value is -0.340. The molecule has 0 aliphatic rings. The molecule has 0 rings (SSSR count). The largest absolute Gasteiger partial charge is 0.393 e. The zero-order valence-electron chi connectivity index (χ0n) is 9.77. The maximum absolute atomic E-state index is 9.19. The average molecular weight is 200 g/mol. The standard InChI is InChI=1S/C12H24O2/c1-9(2)12(7-5-10(3)13)8-6-11(4)14/h5,7,9-14H,6,8H2,1-4H3/b7-5+. The Labute approximate surface area is 87.7 Å². The van der Waals surface area contributed by atoms with E-state index < -0.39 is 0 Å². The summed E-state index contributed by atoms with van der Waals surface area (Å²) in [6, 6.07) is 0. The molecule has 2 heteroatoms. The second kappa shape index (κ2) is 7.02. The van der Waals surface area contributed by atoms with E-state index in [1.165, 1.54) is 0 Å². The number of rotatable bonds is 6. The summed E-state index contributed by atoms with van der Waals surface area (Å²) in [4.78, 5) is 0. The summed E-state index contributed by atoms with van der Waals surface area (Å²) in [5.74, 6) is 1.02. The Kier molecular flexibility index (Phi) is 6.85. The zero-order chi connectivity index (χ0) is 11.1. The van der Waals surface area contributed by atoms with E-state index in [2.05, 4.69) is 19.9 Å². The van der Waals surface area contributed by atoms with Gasteiger partial charge in [-0.2, -0.15) is 0 Å². The molecule has 0 radical (unpaired) electrons. The van der Waals surface area contributed by atoms with Crippen LogP contribution in [-0.2, 0) is 0 Å². The molecule has 0 aromatic rings. The van der Waals surface area contributed by atoms with Crippen molar-refractivity contribution in [2.24, 2.45) is 11.8 Å². The van der Waals surface area contributed by atoms with E-state index in [0.717, 1.165) is 12.8 Å². The average Bonchev–Trinajstić information content (AvgIpc) is 2.02. The fourth-order valence-electron chi connectivity index (χ4n) is 1.39. The van der Waals surface area contributed by atoms with Gasteiger partial charge >= 0.3 is 0 Å². The van der Waals surface area contributed by atoms with Gasteiger partial charge in [-0.05, 0) is 38.5 Å². The molecule has 0 bridgehead atoms. The van der Waals surface area contributed by atoms with Gasteiger partial charge in [0.25, 0.3) is 0 Å². The molecular formula is C12H24O2. The number of allylic oxidation sites excluding steroid dienone is 1. The van der Waals surface area contributed by atoms with Crippen molar-refractivity contribution in [1.82, 2.24) is 0 Å². The lowest BCUT2D eigenvalue weighted by Gasteiger charge is -2.18. The van der Waals surface area contributed by atoms with Crippen LogP contribution < -0.4 is 0 Å². The van der Waals surface area contributed by atoms with Crippen LogP contribution in [0, 0.1) is 11.8 Å². The predicted molar refractivity (Wildman–Crippen MR) is 60.1 cm³/mol. The van der Waals surface area contributed by atoms with Gasteiger partial charge in [-0.1, -0.05) is 26.0 Å². The van der Waals surface area contributed by atoms with Gasteiger partial charge in [0, 0.05) is 0 Å². The van der Waals surface area contributed by atoms with Crippen LogP contribution in [0.3, 0.4) is 0 Å². The molecule has 0 saturated heterocycles. The number of hydrogen-bond donors (Lipinski definition) is 2. The van der Waals surface area contributed by atoms with E-state index in [9.17, 15) is 5.11 Å². The van der Waals surface area contributed by atoms with E-state index in [1.807, 2.05) is 13.0 Å². The highest BCUT2D eigenvalue weighted by Crippen LogP contribution is 2.19. The van der Waals surface area contributed by atoms with Crippen molar-refractivity contribution in [3.8, 4) is 0 Å². The Balaban J connectivity index is 4.03. The maximum Gasteiger partial charge on any atom is 0.0692 e. The SMILES string of the molecule is CC(O)/C=C/C(CCC(C)O)C(C)C. The quantitative estimate of drug-likeness (QED) is 0.646. The lowest BCUT2D eigenvalue weighted by atomic mass is 9.89. The van der Waals surface area contributed by atoms with Crippen LogP contribution in [0.5, 0.6) is 0 Å². The van der Waals surface area contributed by atoms with Crippen LogP contribution in [0.15, 0.2) is 12.2 Å². The van der Waals surface area contributed by atoms with E-state index in [4.69, 9.17) is 5.11 Å². The highest BCUT2D eigenvalue weighted by molar-refractivity contribution is 4.93. The van der Waals surface area contributed by atoms with E-state index in [-0.39, 0.29) is 12.2 Å². The smallest absolute Gasteiger partial charge is 0.0692 e. The molecule has 0 amide bonds. The number of hydrogen-bond acceptors (Lipinski definition) is 2. The molecule has 84 valence electrons. The normalized spacial score (nSPS) is 18.8. The Morgan fingerprint density at radius 2 is 1.50 bits per heavy atom. The first-order valence-electron chi connectivity index (χ1n) is 5.48. The van der Waals surface area contributed by atoms with E-state index in [1.54, 1.807) is 6.92 Å². The van der Waals surface area contributed by atoms with Crippen molar-refractivity contribution in [2.45, 2.75) is 52.7 Å². The van der Waals surface area contributed by atoms with Crippen LogP contribution in [0.25, 0.3) is 0 Å². The minimum absolute atomic E-state index is 0.226. The molecule has 0 spiro atoms. The van der Waals surface area contributed by atoms with E-state index >= 15 is 0 Å². The fraction of sp³-hybridized carbons (Fsp3) is 0.833. The molecule has 2 N–H and O–H groups in total. The summed E-state index contributed by atoms with van der Waals surface area (Å²) >= 11 is 0. The maximum atomic E-state index is 9.19. The van der Waals surface area contributed by atoms with Crippen molar-refractivity contribution >= 4 is 0 Å². The molecule has 0 aromatic heterocycles. The molecular weight excluding hydrogens is 176 g/mol. The van der Waals surface area contributed by atoms with Crippen molar-refractivity contribution < 1.29 is 10.2 Å². The second-order valence-electron chi connectivity index (χ2n) is 4.46. The monoisotopic (exact) mass is 200 g/mol. The van der Waals surface area contributed by atoms with Gasteiger partial charge in [-0.15, -0.1) is 0 Å². The van der Waals surface area contributed by atoms with Crippen LogP contribution >= 0.6 is 0 Å². The zero-order valence-corrected chi connectivity index (χ0v) is 9.77. The molecule has 0 aliphatic heterocycles. The van der Waals surface area contributed by atoms with Crippen molar-refractivity contribution in [2.75, 3.05) is 0 Å². The van der Waals surface area contributed by atoms with Crippen molar-refractivity contribution in [1.29, 1.82) is 0 Å².